The molecule has 0 spiro atoms. The highest BCUT2D eigenvalue weighted by atomic mass is 16.2. The Morgan fingerprint density at radius 2 is 1.52 bits per heavy atom. The van der Waals surface area contributed by atoms with E-state index in [1.54, 1.807) is 4.57 Å². The molecule has 4 rings (SSSR count). The summed E-state index contributed by atoms with van der Waals surface area (Å²) in [5.74, 6) is 0.246. The first-order chi connectivity index (χ1) is 14.9. The Kier molecular flexibility index (Phi) is 6.00. The van der Waals surface area contributed by atoms with E-state index in [2.05, 4.69) is 11.9 Å². The van der Waals surface area contributed by atoms with Crippen molar-refractivity contribution in [2.45, 2.75) is 19.8 Å². The summed E-state index contributed by atoms with van der Waals surface area (Å²) in [4.78, 5) is 45.1. The number of para-hydroxylation sites is 1. The van der Waals surface area contributed by atoms with Crippen LogP contribution in [-0.4, -0.2) is 71.2 Å². The van der Waals surface area contributed by atoms with Crippen molar-refractivity contribution in [3.8, 4) is 5.69 Å². The van der Waals surface area contributed by atoms with E-state index in [-0.39, 0.29) is 23.1 Å². The third kappa shape index (κ3) is 4.04. The Morgan fingerprint density at radius 1 is 0.903 bits per heavy atom. The minimum absolute atomic E-state index is 0.00356. The molecule has 0 N–H and O–H groups in total. The molecule has 1 amide bonds. The molecule has 2 aliphatic rings. The largest absolute Gasteiger partial charge is 0.366 e. The highest BCUT2D eigenvalue weighted by Crippen LogP contribution is 2.25. The van der Waals surface area contributed by atoms with E-state index in [0.29, 0.717) is 24.5 Å². The number of carbonyl (C=O) groups excluding carboxylic acids is 1. The highest BCUT2D eigenvalue weighted by Gasteiger charge is 2.31. The smallest absolute Gasteiger partial charge is 0.335 e. The maximum atomic E-state index is 13.0. The van der Waals surface area contributed by atoms with Gasteiger partial charge in [-0.2, -0.15) is 0 Å². The van der Waals surface area contributed by atoms with Crippen molar-refractivity contribution < 1.29 is 4.79 Å². The molecule has 0 radical (unpaired) electrons. The van der Waals surface area contributed by atoms with Gasteiger partial charge in [-0.3, -0.25) is 18.7 Å². The van der Waals surface area contributed by atoms with Gasteiger partial charge < -0.3 is 14.7 Å². The van der Waals surface area contributed by atoms with Gasteiger partial charge >= 0.3 is 5.69 Å². The van der Waals surface area contributed by atoms with Crippen molar-refractivity contribution in [2.24, 2.45) is 13.0 Å². The normalized spacial score (nSPS) is 18.4. The predicted molar refractivity (Wildman–Crippen MR) is 121 cm³/mol. The van der Waals surface area contributed by atoms with Crippen LogP contribution in [0.1, 0.15) is 18.5 Å². The first-order valence-corrected chi connectivity index (χ1v) is 11.0. The number of likely N-dealkylation sites (N-methyl/N-ethyl adjacent to an activating group) is 1. The van der Waals surface area contributed by atoms with Crippen molar-refractivity contribution >= 4 is 11.6 Å². The SMILES string of the molecule is Cc1c(N2CCC(C(=O)N3CCN(C)CC3)CC2)c(=O)n(C)c(=O)n1-c1ccccc1. The van der Waals surface area contributed by atoms with Crippen LogP contribution in [0, 0.1) is 12.8 Å². The van der Waals surface area contributed by atoms with Crippen molar-refractivity contribution in [1.82, 2.24) is 18.9 Å². The number of hydrogen-bond acceptors (Lipinski definition) is 5. The van der Waals surface area contributed by atoms with Crippen LogP contribution in [0.5, 0.6) is 0 Å². The summed E-state index contributed by atoms with van der Waals surface area (Å²) in [6.07, 6.45) is 1.44. The number of anilines is 1. The topological polar surface area (TPSA) is 70.8 Å². The van der Waals surface area contributed by atoms with Crippen LogP contribution in [0.2, 0.25) is 0 Å². The second-order valence-corrected chi connectivity index (χ2v) is 8.64. The predicted octanol–water partition coefficient (Wildman–Crippen LogP) is 0.835. The van der Waals surface area contributed by atoms with Gasteiger partial charge in [-0.15, -0.1) is 0 Å². The van der Waals surface area contributed by atoms with Crippen LogP contribution in [0.15, 0.2) is 39.9 Å². The van der Waals surface area contributed by atoms with Gasteiger partial charge in [-0.25, -0.2) is 4.79 Å². The van der Waals surface area contributed by atoms with Gasteiger partial charge in [0.15, 0.2) is 0 Å². The number of nitrogens with zero attached hydrogens (tertiary/aromatic N) is 5. The maximum Gasteiger partial charge on any atom is 0.335 e. The lowest BCUT2D eigenvalue weighted by Gasteiger charge is -2.38. The van der Waals surface area contributed by atoms with E-state index in [0.717, 1.165) is 44.7 Å². The average Bonchev–Trinajstić information content (AvgIpc) is 2.79. The monoisotopic (exact) mass is 425 g/mol. The lowest BCUT2D eigenvalue weighted by atomic mass is 9.94. The first kappa shape index (κ1) is 21.4. The Hall–Kier alpha value is -2.87. The fourth-order valence-electron chi connectivity index (χ4n) is 4.68. The van der Waals surface area contributed by atoms with Crippen LogP contribution in [-0.2, 0) is 11.8 Å². The summed E-state index contributed by atoms with van der Waals surface area (Å²) in [6.45, 7) is 6.50. The molecule has 31 heavy (non-hydrogen) atoms. The quantitative estimate of drug-likeness (QED) is 0.729. The number of benzene rings is 1. The molecule has 3 heterocycles. The van der Waals surface area contributed by atoms with Gasteiger partial charge in [-0.05, 0) is 38.9 Å². The van der Waals surface area contributed by atoms with Crippen molar-refractivity contribution in [3.05, 3.63) is 56.9 Å². The molecule has 1 aromatic heterocycles. The van der Waals surface area contributed by atoms with Crippen molar-refractivity contribution in [3.63, 3.8) is 0 Å². The summed E-state index contributed by atoms with van der Waals surface area (Å²) in [6, 6.07) is 9.38. The van der Waals surface area contributed by atoms with Gasteiger partial charge in [0.05, 0.1) is 11.4 Å². The molecule has 0 saturated carbocycles. The fourth-order valence-corrected chi connectivity index (χ4v) is 4.68. The number of piperazine rings is 1. The fraction of sp³-hybridized carbons (Fsp3) is 0.522. The first-order valence-electron chi connectivity index (χ1n) is 11.0. The van der Waals surface area contributed by atoms with Gasteiger partial charge in [0.25, 0.3) is 5.56 Å². The minimum atomic E-state index is -0.349. The molecule has 2 fully saturated rings. The number of carbonyl (C=O) groups is 1. The van der Waals surface area contributed by atoms with E-state index in [1.807, 2.05) is 47.1 Å². The lowest BCUT2D eigenvalue weighted by molar-refractivity contribution is -0.137. The molecule has 0 unspecified atom stereocenters. The van der Waals surface area contributed by atoms with Crippen molar-refractivity contribution in [1.29, 1.82) is 0 Å². The standard InChI is InChI=1S/C23H31N5O3/c1-17-20(22(30)25(3)23(31)28(17)19-7-5-4-6-8-19)26-11-9-18(10-12-26)21(29)27-15-13-24(2)14-16-27/h4-8,18H,9-16H2,1-3H3. The Bertz CT molecular complexity index is 1060. The van der Waals surface area contributed by atoms with Crippen LogP contribution in [0.3, 0.4) is 0 Å². The van der Waals surface area contributed by atoms with Crippen LogP contribution in [0.25, 0.3) is 5.69 Å². The van der Waals surface area contributed by atoms with Crippen LogP contribution >= 0.6 is 0 Å². The zero-order valence-electron chi connectivity index (χ0n) is 18.6. The second-order valence-electron chi connectivity index (χ2n) is 8.64. The lowest BCUT2D eigenvalue weighted by Crippen LogP contribution is -2.51. The highest BCUT2D eigenvalue weighted by molar-refractivity contribution is 5.79. The minimum Gasteiger partial charge on any atom is -0.366 e. The zero-order chi connectivity index (χ0) is 22.1. The molecule has 0 bridgehead atoms. The van der Waals surface area contributed by atoms with E-state index in [9.17, 15) is 14.4 Å². The summed E-state index contributed by atoms with van der Waals surface area (Å²) in [5.41, 5.74) is 1.30. The molecule has 166 valence electrons. The summed E-state index contributed by atoms with van der Waals surface area (Å²) >= 11 is 0. The summed E-state index contributed by atoms with van der Waals surface area (Å²) in [5, 5.41) is 0. The number of hydrogen-bond donors (Lipinski definition) is 0. The maximum absolute atomic E-state index is 13.0. The Labute approximate surface area is 182 Å². The van der Waals surface area contributed by atoms with Gasteiger partial charge in [0.2, 0.25) is 5.91 Å². The number of aromatic nitrogens is 2. The molecular formula is C23H31N5O3. The molecule has 8 heteroatoms. The van der Waals surface area contributed by atoms with Crippen LogP contribution in [0.4, 0.5) is 5.69 Å². The Balaban J connectivity index is 1.56. The third-order valence-electron chi connectivity index (χ3n) is 6.65. The van der Waals surface area contributed by atoms with Gasteiger partial charge in [0.1, 0.15) is 5.69 Å². The van der Waals surface area contributed by atoms with E-state index in [4.69, 9.17) is 0 Å². The molecule has 8 nitrogen and oxygen atoms in total. The summed E-state index contributed by atoms with van der Waals surface area (Å²) in [7, 11) is 3.61. The molecule has 0 aliphatic carbocycles. The van der Waals surface area contributed by atoms with Gasteiger partial charge in [0, 0.05) is 52.2 Å². The zero-order valence-corrected chi connectivity index (χ0v) is 18.6. The Morgan fingerprint density at radius 3 is 2.13 bits per heavy atom. The molecule has 2 aromatic rings. The second kappa shape index (κ2) is 8.70. The number of piperidine rings is 1. The van der Waals surface area contributed by atoms with Gasteiger partial charge in [-0.1, -0.05) is 18.2 Å². The van der Waals surface area contributed by atoms with E-state index in [1.165, 1.54) is 11.6 Å². The molecule has 0 atom stereocenters. The average molecular weight is 426 g/mol. The molecule has 2 aliphatic heterocycles. The molecule has 2 saturated heterocycles. The summed E-state index contributed by atoms with van der Waals surface area (Å²) < 4.78 is 2.77. The van der Waals surface area contributed by atoms with E-state index >= 15 is 0 Å². The molecular weight excluding hydrogens is 394 g/mol. The van der Waals surface area contributed by atoms with Crippen molar-refractivity contribution in [2.75, 3.05) is 51.2 Å². The number of rotatable bonds is 3. The van der Waals surface area contributed by atoms with Crippen LogP contribution < -0.4 is 16.1 Å². The third-order valence-corrected chi connectivity index (χ3v) is 6.65. The number of amides is 1. The van der Waals surface area contributed by atoms with E-state index < -0.39 is 0 Å². The molecule has 1 aromatic carbocycles.